The number of likely N-dealkylation sites (tertiary alicyclic amines) is 1. The Morgan fingerprint density at radius 3 is 2.95 bits per heavy atom. The number of rotatable bonds is 4. The quantitative estimate of drug-likeness (QED) is 0.681. The lowest BCUT2D eigenvalue weighted by Crippen LogP contribution is -2.37. The average Bonchev–Trinajstić information content (AvgIpc) is 2.41. The number of hydrogen-bond acceptors (Lipinski definition) is 4. The number of nitrogens with zero attached hydrogens (tertiary/aromatic N) is 2. The van der Waals surface area contributed by atoms with Crippen LogP contribution in [0.15, 0.2) is 22.7 Å². The Hall–Kier alpha value is -0.980. The van der Waals surface area contributed by atoms with Crippen LogP contribution in [0.2, 0.25) is 0 Å². The van der Waals surface area contributed by atoms with Crippen molar-refractivity contribution in [3.8, 4) is 0 Å². The van der Waals surface area contributed by atoms with Gasteiger partial charge in [-0.3, -0.25) is 15.0 Å². The summed E-state index contributed by atoms with van der Waals surface area (Å²) in [6.07, 6.45) is 2.38. The van der Waals surface area contributed by atoms with Crippen molar-refractivity contribution in [3.63, 3.8) is 0 Å². The van der Waals surface area contributed by atoms with Crippen LogP contribution in [0.3, 0.4) is 0 Å². The Bertz CT molecular complexity index is 467. The molecule has 1 heterocycles. The molecule has 0 saturated carbocycles. The highest BCUT2D eigenvalue weighted by Crippen LogP contribution is 2.25. The molecule has 1 fully saturated rings. The van der Waals surface area contributed by atoms with E-state index in [1.165, 1.54) is 12.8 Å². The Morgan fingerprint density at radius 2 is 2.32 bits per heavy atom. The van der Waals surface area contributed by atoms with E-state index in [2.05, 4.69) is 20.8 Å². The number of benzene rings is 1. The molecule has 2 N–H and O–H groups in total. The minimum absolute atomic E-state index is 0.120. The molecule has 6 heteroatoms. The highest BCUT2D eigenvalue weighted by atomic mass is 79.9. The molecule has 5 nitrogen and oxygen atoms in total. The number of nitro groups is 1. The smallest absolute Gasteiger partial charge is 0.270 e. The van der Waals surface area contributed by atoms with E-state index in [4.69, 9.17) is 5.73 Å². The van der Waals surface area contributed by atoms with Gasteiger partial charge in [0.05, 0.1) is 4.92 Å². The Labute approximate surface area is 121 Å². The van der Waals surface area contributed by atoms with Gasteiger partial charge in [0.15, 0.2) is 0 Å². The monoisotopic (exact) mass is 327 g/mol. The summed E-state index contributed by atoms with van der Waals surface area (Å²) in [5.41, 5.74) is 6.94. The van der Waals surface area contributed by atoms with Crippen LogP contribution in [0.1, 0.15) is 18.4 Å². The predicted molar refractivity (Wildman–Crippen MR) is 77.9 cm³/mol. The molecule has 0 aromatic heterocycles. The summed E-state index contributed by atoms with van der Waals surface area (Å²) in [5.74, 6) is 0.575. The van der Waals surface area contributed by atoms with E-state index >= 15 is 0 Å². The number of halogens is 1. The summed E-state index contributed by atoms with van der Waals surface area (Å²) < 4.78 is 0.802. The molecule has 0 spiro atoms. The first-order valence-corrected chi connectivity index (χ1v) is 7.24. The molecule has 1 saturated heterocycles. The van der Waals surface area contributed by atoms with Gasteiger partial charge in [0.1, 0.15) is 0 Å². The zero-order chi connectivity index (χ0) is 13.8. The lowest BCUT2D eigenvalue weighted by atomic mass is 9.98. The first-order chi connectivity index (χ1) is 9.10. The molecule has 2 rings (SSSR count). The molecular formula is C13H18BrN3O2. The molecule has 0 bridgehead atoms. The van der Waals surface area contributed by atoms with Crippen LogP contribution < -0.4 is 5.73 Å². The van der Waals surface area contributed by atoms with Crippen LogP contribution in [0.5, 0.6) is 0 Å². The lowest BCUT2D eigenvalue weighted by Gasteiger charge is -2.32. The SMILES string of the molecule is NCC1CCCN(Cc2ccc([N+](=O)[O-])cc2Br)C1. The molecular weight excluding hydrogens is 310 g/mol. The summed E-state index contributed by atoms with van der Waals surface area (Å²) in [6, 6.07) is 4.96. The average molecular weight is 328 g/mol. The van der Waals surface area contributed by atoms with Crippen molar-refractivity contribution >= 4 is 21.6 Å². The van der Waals surface area contributed by atoms with Gasteiger partial charge >= 0.3 is 0 Å². The van der Waals surface area contributed by atoms with Crippen LogP contribution in [0.4, 0.5) is 5.69 Å². The van der Waals surface area contributed by atoms with Gasteiger partial charge in [-0.15, -0.1) is 0 Å². The number of nitrogens with two attached hydrogens (primary N) is 1. The fourth-order valence-electron chi connectivity index (χ4n) is 2.51. The lowest BCUT2D eigenvalue weighted by molar-refractivity contribution is -0.384. The van der Waals surface area contributed by atoms with Crippen molar-refractivity contribution in [1.82, 2.24) is 4.90 Å². The van der Waals surface area contributed by atoms with Crippen LogP contribution in [0, 0.1) is 16.0 Å². The minimum atomic E-state index is -0.375. The van der Waals surface area contributed by atoms with Crippen molar-refractivity contribution < 1.29 is 4.92 Å². The number of hydrogen-bond donors (Lipinski definition) is 1. The van der Waals surface area contributed by atoms with E-state index in [-0.39, 0.29) is 10.6 Å². The van der Waals surface area contributed by atoms with Crippen molar-refractivity contribution in [2.24, 2.45) is 11.7 Å². The molecule has 1 aromatic carbocycles. The third-order valence-electron chi connectivity index (χ3n) is 3.58. The standard InChI is InChI=1S/C13H18BrN3O2/c14-13-6-12(17(18)19)4-3-11(13)9-16-5-1-2-10(7-15)8-16/h3-4,6,10H,1-2,5,7-9,15H2. The number of nitro benzene ring substituents is 1. The second kappa shape index (κ2) is 6.45. The third kappa shape index (κ3) is 3.75. The molecule has 1 aliphatic rings. The van der Waals surface area contributed by atoms with Crippen LogP contribution in [0.25, 0.3) is 0 Å². The highest BCUT2D eigenvalue weighted by molar-refractivity contribution is 9.10. The van der Waals surface area contributed by atoms with E-state index in [9.17, 15) is 10.1 Å². The maximum absolute atomic E-state index is 10.7. The fourth-order valence-corrected chi connectivity index (χ4v) is 3.00. The van der Waals surface area contributed by atoms with Crippen molar-refractivity contribution in [2.75, 3.05) is 19.6 Å². The minimum Gasteiger partial charge on any atom is -0.330 e. The van der Waals surface area contributed by atoms with E-state index in [0.717, 1.165) is 36.2 Å². The molecule has 1 atom stereocenters. The fraction of sp³-hybridized carbons (Fsp3) is 0.538. The van der Waals surface area contributed by atoms with Gasteiger partial charge in [-0.05, 0) is 43.5 Å². The van der Waals surface area contributed by atoms with E-state index < -0.39 is 0 Å². The topological polar surface area (TPSA) is 72.4 Å². The Balaban J connectivity index is 2.04. The summed E-state index contributed by atoms with van der Waals surface area (Å²) >= 11 is 3.42. The number of piperidine rings is 1. The summed E-state index contributed by atoms with van der Waals surface area (Å²) in [7, 11) is 0. The van der Waals surface area contributed by atoms with Gasteiger partial charge in [-0.25, -0.2) is 0 Å². The predicted octanol–water partition coefficient (Wildman–Crippen LogP) is 2.53. The van der Waals surface area contributed by atoms with Crippen LogP contribution in [-0.4, -0.2) is 29.5 Å². The van der Waals surface area contributed by atoms with Crippen molar-refractivity contribution in [3.05, 3.63) is 38.3 Å². The van der Waals surface area contributed by atoms with Gasteiger partial charge < -0.3 is 5.73 Å². The van der Waals surface area contributed by atoms with Gasteiger partial charge in [0.25, 0.3) is 5.69 Å². The highest BCUT2D eigenvalue weighted by Gasteiger charge is 2.19. The Morgan fingerprint density at radius 1 is 1.53 bits per heavy atom. The van der Waals surface area contributed by atoms with E-state index in [1.807, 2.05) is 6.07 Å². The second-order valence-electron chi connectivity index (χ2n) is 5.01. The molecule has 1 aromatic rings. The maximum atomic E-state index is 10.7. The first-order valence-electron chi connectivity index (χ1n) is 6.45. The van der Waals surface area contributed by atoms with Crippen LogP contribution in [-0.2, 0) is 6.54 Å². The summed E-state index contributed by atoms with van der Waals surface area (Å²) in [6.45, 7) is 3.63. The maximum Gasteiger partial charge on any atom is 0.270 e. The third-order valence-corrected chi connectivity index (χ3v) is 4.32. The summed E-state index contributed by atoms with van der Waals surface area (Å²) in [5, 5.41) is 10.7. The van der Waals surface area contributed by atoms with Crippen LogP contribution >= 0.6 is 15.9 Å². The molecule has 1 unspecified atom stereocenters. The van der Waals surface area contributed by atoms with Gasteiger partial charge in [-0.1, -0.05) is 15.9 Å². The molecule has 104 valence electrons. The van der Waals surface area contributed by atoms with Gasteiger partial charge in [-0.2, -0.15) is 0 Å². The molecule has 1 aliphatic heterocycles. The van der Waals surface area contributed by atoms with Crippen molar-refractivity contribution in [1.29, 1.82) is 0 Å². The van der Waals surface area contributed by atoms with Gasteiger partial charge in [0.2, 0.25) is 0 Å². The van der Waals surface area contributed by atoms with Crippen molar-refractivity contribution in [2.45, 2.75) is 19.4 Å². The Kier molecular flexibility index (Phi) is 4.90. The largest absolute Gasteiger partial charge is 0.330 e. The normalized spacial score (nSPS) is 20.4. The molecule has 0 radical (unpaired) electrons. The van der Waals surface area contributed by atoms with E-state index in [1.54, 1.807) is 12.1 Å². The summed E-state index contributed by atoms with van der Waals surface area (Å²) in [4.78, 5) is 12.7. The molecule has 0 amide bonds. The zero-order valence-electron chi connectivity index (χ0n) is 10.7. The molecule has 0 aliphatic carbocycles. The number of non-ortho nitro benzene ring substituents is 1. The van der Waals surface area contributed by atoms with Gasteiger partial charge in [0, 0.05) is 29.7 Å². The first kappa shape index (κ1) is 14.4. The van der Waals surface area contributed by atoms with E-state index in [0.29, 0.717) is 5.92 Å². The molecule has 19 heavy (non-hydrogen) atoms. The zero-order valence-corrected chi connectivity index (χ0v) is 12.3. The second-order valence-corrected chi connectivity index (χ2v) is 5.87.